The zero-order valence-corrected chi connectivity index (χ0v) is 16.2. The topological polar surface area (TPSA) is 38.8 Å². The summed E-state index contributed by atoms with van der Waals surface area (Å²) >= 11 is 0. The van der Waals surface area contributed by atoms with Gasteiger partial charge >= 0.3 is 6.03 Å². The van der Waals surface area contributed by atoms with E-state index in [1.54, 1.807) is 0 Å². The predicted octanol–water partition coefficient (Wildman–Crippen LogP) is 3.34. The smallest absolute Gasteiger partial charge is 0.321 e. The number of likely N-dealkylation sites (tertiary alicyclic amines) is 1. The van der Waals surface area contributed by atoms with Crippen molar-refractivity contribution in [3.05, 3.63) is 59.7 Å². The Morgan fingerprint density at radius 2 is 1.67 bits per heavy atom. The fraction of sp³-hybridized carbons (Fsp3) is 0.409. The first kappa shape index (κ1) is 17.9. The van der Waals surface area contributed by atoms with Crippen LogP contribution in [0.25, 0.3) is 0 Å². The first-order chi connectivity index (χ1) is 13.1. The van der Waals surface area contributed by atoms with Gasteiger partial charge in [-0.1, -0.05) is 35.9 Å². The second kappa shape index (κ2) is 7.61. The summed E-state index contributed by atoms with van der Waals surface area (Å²) in [6, 6.07) is 17.2. The molecule has 0 aromatic heterocycles. The molecule has 0 unspecified atom stereocenters. The van der Waals surface area contributed by atoms with Crippen molar-refractivity contribution >= 4 is 17.4 Å². The van der Waals surface area contributed by atoms with Crippen molar-refractivity contribution in [3.63, 3.8) is 0 Å². The van der Waals surface area contributed by atoms with Gasteiger partial charge in [-0.25, -0.2) is 4.79 Å². The van der Waals surface area contributed by atoms with Gasteiger partial charge in [-0.15, -0.1) is 0 Å². The molecule has 5 nitrogen and oxygen atoms in total. The Hall–Kier alpha value is -2.53. The number of nitrogens with one attached hydrogen (secondary N) is 1. The second-order valence-corrected chi connectivity index (χ2v) is 7.67. The van der Waals surface area contributed by atoms with E-state index in [1.165, 1.54) is 11.3 Å². The van der Waals surface area contributed by atoms with Gasteiger partial charge in [-0.3, -0.25) is 4.90 Å². The van der Waals surface area contributed by atoms with Crippen LogP contribution in [-0.2, 0) is 0 Å². The van der Waals surface area contributed by atoms with Crippen LogP contribution in [-0.4, -0.2) is 61.1 Å². The van der Waals surface area contributed by atoms with Crippen molar-refractivity contribution in [2.45, 2.75) is 19.9 Å². The molecule has 2 aromatic carbocycles. The highest BCUT2D eigenvalue weighted by molar-refractivity contribution is 5.90. The Labute approximate surface area is 161 Å². The maximum Gasteiger partial charge on any atom is 0.321 e. The summed E-state index contributed by atoms with van der Waals surface area (Å²) in [4.78, 5) is 19.4. The molecule has 2 heterocycles. The summed E-state index contributed by atoms with van der Waals surface area (Å²) < 4.78 is 0. The fourth-order valence-corrected chi connectivity index (χ4v) is 3.98. The van der Waals surface area contributed by atoms with Crippen molar-refractivity contribution < 1.29 is 4.79 Å². The van der Waals surface area contributed by atoms with Gasteiger partial charge in [0.05, 0.1) is 0 Å². The summed E-state index contributed by atoms with van der Waals surface area (Å²) in [5, 5.41) is 3.05. The molecule has 4 rings (SSSR count). The van der Waals surface area contributed by atoms with Crippen LogP contribution in [0.15, 0.2) is 48.5 Å². The number of benzene rings is 2. The number of hydrogen-bond acceptors (Lipinski definition) is 3. The standard InChI is InChI=1S/C22H28N4O/c1-17-8-9-21(18(2)14-17)23-22(27)26-15-20(16-26)25-12-10-24(11-13-25)19-6-4-3-5-7-19/h3-9,14,20H,10-13,15-16H2,1-2H3,(H,23,27). The van der Waals surface area contributed by atoms with Gasteiger partial charge < -0.3 is 15.1 Å². The molecule has 2 aliphatic rings. The third-order valence-electron chi connectivity index (χ3n) is 5.72. The Kier molecular flexibility index (Phi) is 5.03. The first-order valence-corrected chi connectivity index (χ1v) is 9.77. The Bertz CT molecular complexity index is 793. The van der Waals surface area contributed by atoms with E-state index in [-0.39, 0.29) is 6.03 Å². The maximum absolute atomic E-state index is 12.5. The molecule has 2 fully saturated rings. The van der Waals surface area contributed by atoms with Crippen molar-refractivity contribution in [1.29, 1.82) is 0 Å². The highest BCUT2D eigenvalue weighted by Crippen LogP contribution is 2.22. The van der Waals surface area contributed by atoms with E-state index < -0.39 is 0 Å². The number of amides is 2. The van der Waals surface area contributed by atoms with E-state index in [1.807, 2.05) is 24.0 Å². The van der Waals surface area contributed by atoms with E-state index in [0.717, 1.165) is 50.5 Å². The number of nitrogens with zero attached hydrogens (tertiary/aromatic N) is 3. The van der Waals surface area contributed by atoms with Gasteiger partial charge in [0.25, 0.3) is 0 Å². The molecular weight excluding hydrogens is 336 g/mol. The lowest BCUT2D eigenvalue weighted by atomic mass is 10.1. The number of rotatable bonds is 3. The zero-order valence-electron chi connectivity index (χ0n) is 16.2. The monoisotopic (exact) mass is 364 g/mol. The normalized spacial score (nSPS) is 18.3. The molecule has 0 bridgehead atoms. The lowest BCUT2D eigenvalue weighted by molar-refractivity contribution is 0.0578. The highest BCUT2D eigenvalue weighted by atomic mass is 16.2. The predicted molar refractivity (Wildman–Crippen MR) is 111 cm³/mol. The van der Waals surface area contributed by atoms with Crippen LogP contribution in [0.1, 0.15) is 11.1 Å². The average Bonchev–Trinajstić information content (AvgIpc) is 2.64. The molecule has 1 N–H and O–H groups in total. The maximum atomic E-state index is 12.5. The number of aryl methyl sites for hydroxylation is 2. The molecule has 0 spiro atoms. The van der Waals surface area contributed by atoms with Crippen LogP contribution in [0.3, 0.4) is 0 Å². The molecule has 0 atom stereocenters. The number of piperazine rings is 1. The minimum atomic E-state index is 0.0149. The lowest BCUT2D eigenvalue weighted by Gasteiger charge is -2.48. The molecule has 27 heavy (non-hydrogen) atoms. The highest BCUT2D eigenvalue weighted by Gasteiger charge is 2.36. The summed E-state index contributed by atoms with van der Waals surface area (Å²) in [5.41, 5.74) is 4.53. The molecular formula is C22H28N4O. The molecule has 2 aliphatic heterocycles. The number of anilines is 2. The van der Waals surface area contributed by atoms with E-state index in [0.29, 0.717) is 6.04 Å². The number of para-hydroxylation sites is 1. The Morgan fingerprint density at radius 3 is 2.33 bits per heavy atom. The van der Waals surface area contributed by atoms with Gasteiger partial charge in [-0.05, 0) is 37.6 Å². The zero-order chi connectivity index (χ0) is 18.8. The molecule has 142 valence electrons. The molecule has 0 saturated carbocycles. The Balaban J connectivity index is 1.24. The van der Waals surface area contributed by atoms with Crippen LogP contribution in [0, 0.1) is 13.8 Å². The van der Waals surface area contributed by atoms with Gasteiger partial charge in [0.1, 0.15) is 0 Å². The van der Waals surface area contributed by atoms with E-state index in [4.69, 9.17) is 0 Å². The van der Waals surface area contributed by atoms with Crippen LogP contribution in [0.2, 0.25) is 0 Å². The first-order valence-electron chi connectivity index (χ1n) is 9.77. The second-order valence-electron chi connectivity index (χ2n) is 7.67. The van der Waals surface area contributed by atoms with Gasteiger partial charge in [-0.2, -0.15) is 0 Å². The summed E-state index contributed by atoms with van der Waals surface area (Å²) in [6.45, 7) is 9.97. The fourth-order valence-electron chi connectivity index (χ4n) is 3.98. The number of carbonyl (C=O) groups is 1. The summed E-state index contributed by atoms with van der Waals surface area (Å²) in [7, 11) is 0. The van der Waals surface area contributed by atoms with E-state index >= 15 is 0 Å². The minimum Gasteiger partial charge on any atom is -0.369 e. The summed E-state index contributed by atoms with van der Waals surface area (Å²) in [6.07, 6.45) is 0. The van der Waals surface area contributed by atoms with Gasteiger partial charge in [0, 0.05) is 56.7 Å². The van der Waals surface area contributed by atoms with Crippen molar-refractivity contribution in [2.24, 2.45) is 0 Å². The van der Waals surface area contributed by atoms with Crippen LogP contribution in [0.4, 0.5) is 16.2 Å². The van der Waals surface area contributed by atoms with Gasteiger partial charge in [0.2, 0.25) is 0 Å². The lowest BCUT2D eigenvalue weighted by Crippen LogP contribution is -2.64. The summed E-state index contributed by atoms with van der Waals surface area (Å²) in [5.74, 6) is 0. The SMILES string of the molecule is Cc1ccc(NC(=O)N2CC(N3CCN(c4ccccc4)CC3)C2)c(C)c1. The van der Waals surface area contributed by atoms with E-state index in [2.05, 4.69) is 58.4 Å². The molecule has 0 radical (unpaired) electrons. The molecule has 5 heteroatoms. The number of urea groups is 1. The third kappa shape index (κ3) is 3.93. The Morgan fingerprint density at radius 1 is 0.963 bits per heavy atom. The average molecular weight is 364 g/mol. The van der Waals surface area contributed by atoms with Crippen molar-refractivity contribution in [1.82, 2.24) is 9.80 Å². The molecule has 0 aliphatic carbocycles. The molecule has 2 amide bonds. The van der Waals surface area contributed by atoms with Gasteiger partial charge in [0.15, 0.2) is 0 Å². The van der Waals surface area contributed by atoms with Crippen LogP contribution in [0.5, 0.6) is 0 Å². The molecule has 2 aromatic rings. The van der Waals surface area contributed by atoms with Crippen molar-refractivity contribution in [2.75, 3.05) is 49.5 Å². The molecule has 2 saturated heterocycles. The van der Waals surface area contributed by atoms with Crippen LogP contribution < -0.4 is 10.2 Å². The van der Waals surface area contributed by atoms with E-state index in [9.17, 15) is 4.79 Å². The van der Waals surface area contributed by atoms with Crippen LogP contribution >= 0.6 is 0 Å². The third-order valence-corrected chi connectivity index (χ3v) is 5.72. The minimum absolute atomic E-state index is 0.0149. The number of hydrogen-bond donors (Lipinski definition) is 1. The number of carbonyl (C=O) groups excluding carboxylic acids is 1. The quantitative estimate of drug-likeness (QED) is 0.908. The largest absolute Gasteiger partial charge is 0.369 e. The van der Waals surface area contributed by atoms with Crippen molar-refractivity contribution in [3.8, 4) is 0 Å².